The number of hydrogen-bond acceptors (Lipinski definition) is 6. The second-order valence-electron chi connectivity index (χ2n) is 7.97. The highest BCUT2D eigenvalue weighted by Crippen LogP contribution is 2.24. The van der Waals surface area contributed by atoms with E-state index in [4.69, 9.17) is 4.74 Å². The van der Waals surface area contributed by atoms with Gasteiger partial charge in [-0.1, -0.05) is 30.3 Å². The summed E-state index contributed by atoms with van der Waals surface area (Å²) in [6.45, 7) is 6.84. The Labute approximate surface area is 171 Å². The molecule has 0 bridgehead atoms. The number of ether oxygens (including phenoxy) is 1. The number of hydrogen-bond donors (Lipinski definition) is 0. The van der Waals surface area contributed by atoms with Crippen LogP contribution in [0.4, 0.5) is 5.82 Å². The largest absolute Gasteiger partial charge is 0.376 e. The molecule has 152 valence electrons. The summed E-state index contributed by atoms with van der Waals surface area (Å²) in [4.78, 5) is 18.6. The summed E-state index contributed by atoms with van der Waals surface area (Å²) in [6, 6.07) is 10.7. The van der Waals surface area contributed by atoms with Crippen LogP contribution in [0.1, 0.15) is 18.4 Å². The maximum atomic E-state index is 5.78. The average molecular weight is 393 g/mol. The summed E-state index contributed by atoms with van der Waals surface area (Å²) in [5.74, 6) is 0.962. The Morgan fingerprint density at radius 3 is 2.66 bits per heavy atom. The number of benzene rings is 1. The van der Waals surface area contributed by atoms with Gasteiger partial charge in [0, 0.05) is 39.3 Å². The van der Waals surface area contributed by atoms with E-state index in [1.54, 1.807) is 6.33 Å². The van der Waals surface area contributed by atoms with Crippen molar-refractivity contribution in [1.29, 1.82) is 0 Å². The Bertz CT molecular complexity index is 929. The fourth-order valence-electron chi connectivity index (χ4n) is 4.36. The first kappa shape index (κ1) is 18.5. The zero-order valence-electron chi connectivity index (χ0n) is 16.8. The van der Waals surface area contributed by atoms with Crippen LogP contribution in [0, 0.1) is 0 Å². The summed E-state index contributed by atoms with van der Waals surface area (Å²) in [5.41, 5.74) is 3.23. The van der Waals surface area contributed by atoms with Gasteiger partial charge in [0.1, 0.15) is 6.33 Å². The highest BCUT2D eigenvalue weighted by molar-refractivity contribution is 5.83. The first-order chi connectivity index (χ1) is 14.4. The molecule has 7 heteroatoms. The first-order valence-corrected chi connectivity index (χ1v) is 10.7. The molecule has 0 aliphatic carbocycles. The molecule has 4 heterocycles. The summed E-state index contributed by atoms with van der Waals surface area (Å²) in [5, 5.41) is 0. The van der Waals surface area contributed by atoms with Gasteiger partial charge in [0.25, 0.3) is 0 Å². The predicted octanol–water partition coefficient (Wildman–Crippen LogP) is 2.37. The van der Waals surface area contributed by atoms with E-state index in [0.29, 0.717) is 0 Å². The maximum absolute atomic E-state index is 5.78. The number of nitrogens with zero attached hydrogens (tertiary/aromatic N) is 6. The van der Waals surface area contributed by atoms with Gasteiger partial charge in [-0.2, -0.15) is 0 Å². The van der Waals surface area contributed by atoms with E-state index in [1.807, 2.05) is 6.33 Å². The zero-order chi connectivity index (χ0) is 19.5. The molecule has 2 saturated heterocycles. The van der Waals surface area contributed by atoms with Crippen molar-refractivity contribution in [2.45, 2.75) is 31.9 Å². The number of piperazine rings is 1. The van der Waals surface area contributed by atoms with Crippen molar-refractivity contribution in [2.75, 3.05) is 44.2 Å². The Balaban J connectivity index is 1.23. The minimum atomic E-state index is 0.277. The van der Waals surface area contributed by atoms with Crippen molar-refractivity contribution in [3.05, 3.63) is 48.5 Å². The molecule has 0 N–H and O–H groups in total. The average Bonchev–Trinajstić information content (AvgIpc) is 3.44. The summed E-state index contributed by atoms with van der Waals surface area (Å²) in [6.07, 6.45) is 7.20. The number of rotatable bonds is 6. The SMILES string of the molecule is c1ccc(CCN2CCN(c3ncnc4c3ncn4CC3CCCO3)CC2)cc1. The molecule has 0 spiro atoms. The Hall–Kier alpha value is -2.51. The lowest BCUT2D eigenvalue weighted by atomic mass is 10.1. The van der Waals surface area contributed by atoms with E-state index in [9.17, 15) is 0 Å². The van der Waals surface area contributed by atoms with Gasteiger partial charge in [0.05, 0.1) is 19.0 Å². The van der Waals surface area contributed by atoms with Crippen molar-refractivity contribution in [2.24, 2.45) is 0 Å². The van der Waals surface area contributed by atoms with Crippen molar-refractivity contribution in [1.82, 2.24) is 24.4 Å². The molecule has 3 aromatic rings. The molecule has 1 aromatic carbocycles. The molecular formula is C22H28N6O. The van der Waals surface area contributed by atoms with Gasteiger partial charge in [-0.25, -0.2) is 15.0 Å². The smallest absolute Gasteiger partial charge is 0.165 e. The van der Waals surface area contributed by atoms with E-state index < -0.39 is 0 Å². The Morgan fingerprint density at radius 2 is 1.86 bits per heavy atom. The number of anilines is 1. The molecule has 1 atom stereocenters. The fourth-order valence-corrected chi connectivity index (χ4v) is 4.36. The van der Waals surface area contributed by atoms with Crippen LogP contribution in [0.3, 0.4) is 0 Å². The molecule has 2 aliphatic heterocycles. The first-order valence-electron chi connectivity index (χ1n) is 10.7. The molecule has 0 radical (unpaired) electrons. The normalized spacial score (nSPS) is 20.6. The summed E-state index contributed by atoms with van der Waals surface area (Å²) >= 11 is 0. The summed E-state index contributed by atoms with van der Waals surface area (Å²) < 4.78 is 7.90. The monoisotopic (exact) mass is 392 g/mol. The van der Waals surface area contributed by atoms with Crippen LogP contribution in [0.2, 0.25) is 0 Å². The predicted molar refractivity (Wildman–Crippen MR) is 113 cm³/mol. The maximum Gasteiger partial charge on any atom is 0.165 e. The second-order valence-corrected chi connectivity index (χ2v) is 7.97. The minimum Gasteiger partial charge on any atom is -0.376 e. The van der Waals surface area contributed by atoms with Crippen LogP contribution in [0.25, 0.3) is 11.2 Å². The van der Waals surface area contributed by atoms with Gasteiger partial charge in [-0.15, -0.1) is 0 Å². The lowest BCUT2D eigenvalue weighted by molar-refractivity contribution is 0.0978. The van der Waals surface area contributed by atoms with Crippen LogP contribution in [-0.2, 0) is 17.7 Å². The van der Waals surface area contributed by atoms with E-state index in [1.165, 1.54) is 5.56 Å². The molecule has 1 unspecified atom stereocenters. The van der Waals surface area contributed by atoms with Gasteiger partial charge >= 0.3 is 0 Å². The zero-order valence-corrected chi connectivity index (χ0v) is 16.8. The van der Waals surface area contributed by atoms with E-state index >= 15 is 0 Å². The third kappa shape index (κ3) is 4.11. The molecular weight excluding hydrogens is 364 g/mol. The molecule has 7 nitrogen and oxygen atoms in total. The third-order valence-electron chi connectivity index (χ3n) is 6.04. The molecule has 0 amide bonds. The van der Waals surface area contributed by atoms with Crippen molar-refractivity contribution < 1.29 is 4.74 Å². The highest BCUT2D eigenvalue weighted by Gasteiger charge is 2.23. The minimum absolute atomic E-state index is 0.277. The van der Waals surface area contributed by atoms with Gasteiger partial charge in [-0.3, -0.25) is 4.90 Å². The van der Waals surface area contributed by atoms with Crippen LogP contribution >= 0.6 is 0 Å². The van der Waals surface area contributed by atoms with Crippen LogP contribution in [0.5, 0.6) is 0 Å². The lowest BCUT2D eigenvalue weighted by Crippen LogP contribution is -2.47. The van der Waals surface area contributed by atoms with Crippen LogP contribution in [0.15, 0.2) is 43.0 Å². The van der Waals surface area contributed by atoms with Gasteiger partial charge < -0.3 is 14.2 Å². The number of aromatic nitrogens is 4. The quantitative estimate of drug-likeness (QED) is 0.642. The van der Waals surface area contributed by atoms with Crippen LogP contribution < -0.4 is 4.90 Å². The Morgan fingerprint density at radius 1 is 1.00 bits per heavy atom. The van der Waals surface area contributed by atoms with Crippen molar-refractivity contribution >= 4 is 17.0 Å². The summed E-state index contributed by atoms with van der Waals surface area (Å²) in [7, 11) is 0. The van der Waals surface area contributed by atoms with E-state index in [2.05, 4.69) is 59.7 Å². The molecule has 2 aliphatic rings. The molecule has 29 heavy (non-hydrogen) atoms. The molecule has 2 aromatic heterocycles. The van der Waals surface area contributed by atoms with Gasteiger partial charge in [-0.05, 0) is 24.8 Å². The molecule has 0 saturated carbocycles. The second kappa shape index (κ2) is 8.47. The van der Waals surface area contributed by atoms with Gasteiger partial charge in [0.15, 0.2) is 17.0 Å². The molecule has 2 fully saturated rings. The number of imidazole rings is 1. The highest BCUT2D eigenvalue weighted by atomic mass is 16.5. The molecule has 5 rings (SSSR count). The van der Waals surface area contributed by atoms with Crippen LogP contribution in [-0.4, -0.2) is 69.9 Å². The van der Waals surface area contributed by atoms with Crippen molar-refractivity contribution in [3.63, 3.8) is 0 Å². The fraction of sp³-hybridized carbons (Fsp3) is 0.500. The van der Waals surface area contributed by atoms with E-state index in [-0.39, 0.29) is 6.10 Å². The third-order valence-corrected chi connectivity index (χ3v) is 6.04. The van der Waals surface area contributed by atoms with Crippen molar-refractivity contribution in [3.8, 4) is 0 Å². The Kier molecular flexibility index (Phi) is 5.41. The standard InChI is InChI=1S/C22H28N6O/c1-2-5-18(6-3-1)8-9-26-10-12-27(13-11-26)21-20-22(24-16-23-21)28(17-25-20)15-19-7-4-14-29-19/h1-3,5-6,16-17,19H,4,7-15H2. The van der Waals surface area contributed by atoms with Gasteiger partial charge in [0.2, 0.25) is 0 Å². The topological polar surface area (TPSA) is 59.3 Å². The number of fused-ring (bicyclic) bond motifs is 1. The lowest BCUT2D eigenvalue weighted by Gasteiger charge is -2.35. The van der Waals surface area contributed by atoms with E-state index in [0.717, 1.165) is 82.1 Å².